The van der Waals surface area contributed by atoms with Crippen molar-refractivity contribution in [3.05, 3.63) is 59.2 Å². The summed E-state index contributed by atoms with van der Waals surface area (Å²) >= 11 is 0. The molecule has 0 saturated heterocycles. The van der Waals surface area contributed by atoms with Gasteiger partial charge in [0.05, 0.1) is 0 Å². The summed E-state index contributed by atoms with van der Waals surface area (Å²) in [5.41, 5.74) is 1.61. The van der Waals surface area contributed by atoms with Gasteiger partial charge in [0, 0.05) is 0 Å². The summed E-state index contributed by atoms with van der Waals surface area (Å²) in [4.78, 5) is 0. The predicted octanol–water partition coefficient (Wildman–Crippen LogP) is 2.18. The molecular formula is C16H17BF2O3. The maximum Gasteiger partial charge on any atom is 0.488 e. The molecule has 0 spiro atoms. The molecule has 2 aromatic rings. The molecule has 0 aliphatic carbocycles. The predicted molar refractivity (Wildman–Crippen MR) is 81.0 cm³/mol. The molecule has 0 amide bonds. The monoisotopic (exact) mass is 306 g/mol. The number of hydrogen-bond donors (Lipinski definition) is 2. The largest absolute Gasteiger partial charge is 0.488 e. The van der Waals surface area contributed by atoms with Crippen molar-refractivity contribution in [2.45, 2.75) is 26.4 Å². The number of rotatable bonds is 6. The van der Waals surface area contributed by atoms with Crippen LogP contribution >= 0.6 is 0 Å². The van der Waals surface area contributed by atoms with E-state index in [9.17, 15) is 8.78 Å². The number of ether oxygens (including phenoxy) is 1. The summed E-state index contributed by atoms with van der Waals surface area (Å²) in [7, 11) is -1.55. The van der Waals surface area contributed by atoms with Crippen LogP contribution in [0.2, 0.25) is 0 Å². The van der Waals surface area contributed by atoms with E-state index in [1.165, 1.54) is 24.3 Å². The molecule has 116 valence electrons. The topological polar surface area (TPSA) is 49.7 Å². The van der Waals surface area contributed by atoms with Crippen LogP contribution < -0.4 is 10.2 Å². The van der Waals surface area contributed by atoms with Crippen molar-refractivity contribution in [1.82, 2.24) is 0 Å². The fourth-order valence-corrected chi connectivity index (χ4v) is 2.12. The Kier molecular flexibility index (Phi) is 5.52. The van der Waals surface area contributed by atoms with E-state index in [1.54, 1.807) is 12.1 Å². The van der Waals surface area contributed by atoms with E-state index in [2.05, 4.69) is 0 Å². The first-order valence-corrected chi connectivity index (χ1v) is 7.07. The fourth-order valence-electron chi connectivity index (χ4n) is 2.12. The highest BCUT2D eigenvalue weighted by Crippen LogP contribution is 2.24. The Bertz CT molecular complexity index is 607. The molecule has 0 unspecified atom stereocenters. The summed E-state index contributed by atoms with van der Waals surface area (Å²) < 4.78 is 33.0. The summed E-state index contributed by atoms with van der Waals surface area (Å²) in [5.74, 6) is -1.83. The Balaban J connectivity index is 2.08. The average Bonchev–Trinajstić information content (AvgIpc) is 2.47. The fraction of sp³-hybridized carbons (Fsp3) is 0.250. The van der Waals surface area contributed by atoms with Gasteiger partial charge in [-0.15, -0.1) is 0 Å². The minimum absolute atomic E-state index is 0.0111. The zero-order chi connectivity index (χ0) is 16.1. The maximum absolute atomic E-state index is 13.9. The third-order valence-corrected chi connectivity index (χ3v) is 3.26. The number of aryl methyl sites for hydroxylation is 1. The second-order valence-electron chi connectivity index (χ2n) is 5.04. The minimum atomic E-state index is -1.55. The van der Waals surface area contributed by atoms with Crippen molar-refractivity contribution in [3.63, 3.8) is 0 Å². The van der Waals surface area contributed by atoms with Crippen LogP contribution in [0, 0.1) is 11.6 Å². The van der Waals surface area contributed by atoms with Crippen LogP contribution in [0.4, 0.5) is 8.78 Å². The molecular weight excluding hydrogens is 289 g/mol. The lowest BCUT2D eigenvalue weighted by molar-refractivity contribution is 0.274. The lowest BCUT2D eigenvalue weighted by Crippen LogP contribution is -2.29. The Hall–Kier alpha value is -1.92. The van der Waals surface area contributed by atoms with E-state index in [-0.39, 0.29) is 6.61 Å². The van der Waals surface area contributed by atoms with Crippen molar-refractivity contribution < 1.29 is 23.6 Å². The van der Waals surface area contributed by atoms with Gasteiger partial charge in [0.1, 0.15) is 6.61 Å². The molecule has 0 fully saturated rings. The second kappa shape index (κ2) is 7.38. The minimum Gasteiger partial charge on any atom is -0.483 e. The van der Waals surface area contributed by atoms with Gasteiger partial charge >= 0.3 is 7.12 Å². The zero-order valence-corrected chi connectivity index (χ0v) is 12.2. The van der Waals surface area contributed by atoms with E-state index >= 15 is 0 Å². The molecule has 0 bridgehead atoms. The van der Waals surface area contributed by atoms with Gasteiger partial charge in [-0.3, -0.25) is 0 Å². The van der Waals surface area contributed by atoms with Crippen LogP contribution in [0.15, 0.2) is 36.4 Å². The second-order valence-corrected chi connectivity index (χ2v) is 5.04. The van der Waals surface area contributed by atoms with Gasteiger partial charge in [-0.1, -0.05) is 37.6 Å². The lowest BCUT2D eigenvalue weighted by Gasteiger charge is -2.10. The first-order valence-electron chi connectivity index (χ1n) is 7.07. The van der Waals surface area contributed by atoms with Crippen LogP contribution in [0.25, 0.3) is 0 Å². The Morgan fingerprint density at radius 3 is 2.09 bits per heavy atom. The molecule has 22 heavy (non-hydrogen) atoms. The van der Waals surface area contributed by atoms with E-state index in [0.717, 1.165) is 6.42 Å². The average molecular weight is 306 g/mol. The Morgan fingerprint density at radius 1 is 1.00 bits per heavy atom. The molecule has 2 N–H and O–H groups in total. The smallest absolute Gasteiger partial charge is 0.483 e. The quantitative estimate of drug-likeness (QED) is 0.804. The lowest BCUT2D eigenvalue weighted by atomic mass is 9.80. The molecule has 6 heteroatoms. The van der Waals surface area contributed by atoms with Crippen LogP contribution in [0.5, 0.6) is 5.75 Å². The molecule has 0 aromatic heterocycles. The van der Waals surface area contributed by atoms with E-state index in [1.807, 2.05) is 6.92 Å². The van der Waals surface area contributed by atoms with Gasteiger partial charge in [0.15, 0.2) is 17.4 Å². The van der Waals surface area contributed by atoms with Crippen LogP contribution in [0.3, 0.4) is 0 Å². The normalized spacial score (nSPS) is 10.6. The molecule has 2 aromatic carbocycles. The van der Waals surface area contributed by atoms with Gasteiger partial charge in [-0.2, -0.15) is 0 Å². The summed E-state index contributed by atoms with van der Waals surface area (Å²) in [5, 5.41) is 18.0. The number of benzene rings is 2. The van der Waals surface area contributed by atoms with Gasteiger partial charge in [0.2, 0.25) is 0 Å². The molecule has 2 rings (SSSR count). The molecule has 0 aliphatic rings. The SMILES string of the molecule is CCCc1cc(F)c(OCc2ccc(B(O)O)cc2)c(F)c1. The first kappa shape index (κ1) is 16.5. The van der Waals surface area contributed by atoms with Crippen molar-refractivity contribution in [2.75, 3.05) is 0 Å². The maximum atomic E-state index is 13.9. The highest BCUT2D eigenvalue weighted by molar-refractivity contribution is 6.58. The van der Waals surface area contributed by atoms with Gasteiger partial charge in [0.25, 0.3) is 0 Å². The molecule has 0 heterocycles. The third-order valence-electron chi connectivity index (χ3n) is 3.26. The Morgan fingerprint density at radius 2 is 1.59 bits per heavy atom. The van der Waals surface area contributed by atoms with Crippen LogP contribution in [0.1, 0.15) is 24.5 Å². The zero-order valence-electron chi connectivity index (χ0n) is 12.2. The van der Waals surface area contributed by atoms with Gasteiger partial charge in [-0.05, 0) is 35.1 Å². The van der Waals surface area contributed by atoms with Gasteiger partial charge < -0.3 is 14.8 Å². The molecule has 3 nitrogen and oxygen atoms in total. The van der Waals surface area contributed by atoms with Crippen LogP contribution in [-0.2, 0) is 13.0 Å². The number of hydrogen-bond acceptors (Lipinski definition) is 3. The summed E-state index contributed by atoms with van der Waals surface area (Å²) in [6, 6.07) is 8.81. The first-order chi connectivity index (χ1) is 10.5. The van der Waals surface area contributed by atoms with Crippen molar-refractivity contribution in [1.29, 1.82) is 0 Å². The summed E-state index contributed by atoms with van der Waals surface area (Å²) in [6.07, 6.45) is 1.42. The third kappa shape index (κ3) is 4.05. The van der Waals surface area contributed by atoms with Gasteiger partial charge in [-0.25, -0.2) is 8.78 Å². The van der Waals surface area contributed by atoms with E-state index in [4.69, 9.17) is 14.8 Å². The van der Waals surface area contributed by atoms with E-state index in [0.29, 0.717) is 23.0 Å². The highest BCUT2D eigenvalue weighted by Gasteiger charge is 2.13. The molecule has 0 atom stereocenters. The standard InChI is InChI=1S/C16H17BF2O3/c1-2-3-12-8-14(18)16(15(19)9-12)22-10-11-4-6-13(7-5-11)17(20)21/h4-9,20-21H,2-3,10H2,1H3. The van der Waals surface area contributed by atoms with Crippen LogP contribution in [-0.4, -0.2) is 17.2 Å². The number of halogens is 2. The van der Waals surface area contributed by atoms with Crippen molar-refractivity contribution >= 4 is 12.6 Å². The molecule has 0 aliphatic heterocycles. The Labute approximate surface area is 128 Å². The van der Waals surface area contributed by atoms with Crippen molar-refractivity contribution in [3.8, 4) is 5.75 Å². The summed E-state index contributed by atoms with van der Waals surface area (Å²) in [6.45, 7) is 1.93. The molecule has 0 radical (unpaired) electrons. The van der Waals surface area contributed by atoms with Crippen molar-refractivity contribution in [2.24, 2.45) is 0 Å². The molecule has 0 saturated carbocycles. The van der Waals surface area contributed by atoms with E-state index < -0.39 is 24.5 Å². The highest BCUT2D eigenvalue weighted by atomic mass is 19.1.